The van der Waals surface area contributed by atoms with Crippen LogP contribution >= 0.6 is 28.3 Å². The van der Waals surface area contributed by atoms with Crippen LogP contribution in [0.5, 0.6) is 5.75 Å². The second-order valence-electron chi connectivity index (χ2n) is 4.11. The van der Waals surface area contributed by atoms with Crippen molar-refractivity contribution in [3.05, 3.63) is 22.7 Å². The number of rotatable bonds is 7. The van der Waals surface area contributed by atoms with Gasteiger partial charge in [0.2, 0.25) is 10.0 Å². The minimum atomic E-state index is -3.50. The van der Waals surface area contributed by atoms with Crippen LogP contribution in [0.25, 0.3) is 0 Å². The maximum absolute atomic E-state index is 12.1. The Morgan fingerprint density at radius 1 is 1.40 bits per heavy atom. The summed E-state index contributed by atoms with van der Waals surface area (Å²) in [5, 5.41) is 3.14. The van der Waals surface area contributed by atoms with Gasteiger partial charge in [-0.1, -0.05) is 6.92 Å². The molecule has 0 aliphatic carbocycles. The number of benzene rings is 1. The topological polar surface area (TPSA) is 67.4 Å². The SMILES string of the molecule is CCN[C@H](C)CNS(=O)(=O)c1ccc(OC)c(Br)c1.Cl. The highest BCUT2D eigenvalue weighted by Crippen LogP contribution is 2.27. The van der Waals surface area contributed by atoms with E-state index in [1.54, 1.807) is 6.07 Å². The van der Waals surface area contributed by atoms with Gasteiger partial charge in [0.25, 0.3) is 0 Å². The van der Waals surface area contributed by atoms with Gasteiger partial charge in [-0.15, -0.1) is 12.4 Å². The van der Waals surface area contributed by atoms with Gasteiger partial charge in [0.15, 0.2) is 0 Å². The molecular formula is C12H20BrClN2O3S. The predicted octanol–water partition coefficient (Wildman–Crippen LogP) is 2.16. The summed E-state index contributed by atoms with van der Waals surface area (Å²) in [5.41, 5.74) is 0. The number of sulfonamides is 1. The first kappa shape index (κ1) is 19.7. The van der Waals surface area contributed by atoms with E-state index in [-0.39, 0.29) is 23.3 Å². The minimum absolute atomic E-state index is 0. The first-order valence-electron chi connectivity index (χ1n) is 5.97. The maximum Gasteiger partial charge on any atom is 0.240 e. The lowest BCUT2D eigenvalue weighted by molar-refractivity contribution is 0.411. The molecule has 1 aromatic rings. The third kappa shape index (κ3) is 5.57. The molecule has 0 radical (unpaired) electrons. The van der Waals surface area contributed by atoms with Crippen molar-refractivity contribution in [2.24, 2.45) is 0 Å². The van der Waals surface area contributed by atoms with Crippen molar-refractivity contribution < 1.29 is 13.2 Å². The van der Waals surface area contributed by atoms with Gasteiger partial charge in [-0.05, 0) is 47.6 Å². The first-order chi connectivity index (χ1) is 8.90. The lowest BCUT2D eigenvalue weighted by atomic mass is 10.3. The molecule has 0 aliphatic heterocycles. The Kier molecular flexibility index (Phi) is 8.69. The molecule has 0 aromatic heterocycles. The summed E-state index contributed by atoms with van der Waals surface area (Å²) in [6.45, 7) is 5.05. The Balaban J connectivity index is 0.00000361. The summed E-state index contributed by atoms with van der Waals surface area (Å²) in [7, 11) is -1.96. The van der Waals surface area contributed by atoms with Crippen LogP contribution in [0, 0.1) is 0 Å². The van der Waals surface area contributed by atoms with Crippen LogP contribution in [0.4, 0.5) is 0 Å². The summed E-state index contributed by atoms with van der Waals surface area (Å²) in [5.74, 6) is 0.597. The molecule has 20 heavy (non-hydrogen) atoms. The van der Waals surface area contributed by atoms with Crippen LogP contribution in [-0.4, -0.2) is 34.7 Å². The quantitative estimate of drug-likeness (QED) is 0.752. The molecule has 0 spiro atoms. The standard InChI is InChI=1S/C12H19BrN2O3S.ClH/c1-4-14-9(2)8-15-19(16,17)10-5-6-12(18-3)11(13)7-10;/h5-7,9,14-15H,4,8H2,1-3H3;1H/t9-;/m1./s1. The van der Waals surface area contributed by atoms with Crippen molar-refractivity contribution in [3.63, 3.8) is 0 Å². The number of hydrogen-bond acceptors (Lipinski definition) is 4. The van der Waals surface area contributed by atoms with Crippen LogP contribution in [0.2, 0.25) is 0 Å². The molecule has 2 N–H and O–H groups in total. The molecule has 0 unspecified atom stereocenters. The molecule has 0 aliphatic rings. The fraction of sp³-hybridized carbons (Fsp3) is 0.500. The molecule has 0 fully saturated rings. The molecule has 0 heterocycles. The van der Waals surface area contributed by atoms with E-state index in [1.165, 1.54) is 19.2 Å². The highest BCUT2D eigenvalue weighted by Gasteiger charge is 2.16. The Labute approximate surface area is 135 Å². The molecule has 0 saturated heterocycles. The summed E-state index contributed by atoms with van der Waals surface area (Å²) < 4.78 is 32.4. The zero-order valence-corrected chi connectivity index (χ0v) is 14.9. The molecule has 8 heteroatoms. The van der Waals surface area contributed by atoms with Crippen LogP contribution in [-0.2, 0) is 10.0 Å². The fourth-order valence-corrected chi connectivity index (χ4v) is 3.40. The molecule has 1 atom stereocenters. The minimum Gasteiger partial charge on any atom is -0.496 e. The van der Waals surface area contributed by atoms with Gasteiger partial charge in [-0.25, -0.2) is 13.1 Å². The number of likely N-dealkylation sites (N-methyl/N-ethyl adjacent to an activating group) is 1. The van der Waals surface area contributed by atoms with E-state index in [0.717, 1.165) is 6.54 Å². The number of halogens is 2. The summed E-state index contributed by atoms with van der Waals surface area (Å²) in [6.07, 6.45) is 0. The van der Waals surface area contributed by atoms with Crippen molar-refractivity contribution in [2.75, 3.05) is 20.2 Å². The molecule has 1 aromatic carbocycles. The molecule has 0 bridgehead atoms. The van der Waals surface area contributed by atoms with E-state index in [9.17, 15) is 8.42 Å². The smallest absolute Gasteiger partial charge is 0.240 e. The van der Waals surface area contributed by atoms with E-state index in [1.807, 2.05) is 13.8 Å². The van der Waals surface area contributed by atoms with E-state index in [4.69, 9.17) is 4.74 Å². The maximum atomic E-state index is 12.1. The second-order valence-corrected chi connectivity index (χ2v) is 6.73. The lowest BCUT2D eigenvalue weighted by Crippen LogP contribution is -2.38. The van der Waals surface area contributed by atoms with E-state index < -0.39 is 10.0 Å². The number of methoxy groups -OCH3 is 1. The Bertz CT molecular complexity index is 525. The zero-order chi connectivity index (χ0) is 14.5. The van der Waals surface area contributed by atoms with Crippen molar-refractivity contribution in [3.8, 4) is 5.75 Å². The summed E-state index contributed by atoms with van der Waals surface area (Å²) in [4.78, 5) is 0.212. The Hall–Kier alpha value is -0.340. The Morgan fingerprint density at radius 2 is 2.05 bits per heavy atom. The molecule has 116 valence electrons. The number of ether oxygens (including phenoxy) is 1. The molecule has 0 amide bonds. The average Bonchev–Trinajstić information content (AvgIpc) is 2.37. The third-order valence-electron chi connectivity index (χ3n) is 2.57. The average molecular weight is 388 g/mol. The monoisotopic (exact) mass is 386 g/mol. The molecular weight excluding hydrogens is 368 g/mol. The van der Waals surface area contributed by atoms with E-state index in [0.29, 0.717) is 16.8 Å². The normalized spacial score (nSPS) is 12.6. The lowest BCUT2D eigenvalue weighted by Gasteiger charge is -2.14. The van der Waals surface area contributed by atoms with Crippen LogP contribution in [0.3, 0.4) is 0 Å². The Morgan fingerprint density at radius 3 is 2.55 bits per heavy atom. The summed E-state index contributed by atoms with van der Waals surface area (Å²) in [6, 6.07) is 4.75. The second kappa shape index (κ2) is 8.84. The zero-order valence-electron chi connectivity index (χ0n) is 11.6. The molecule has 5 nitrogen and oxygen atoms in total. The fourth-order valence-electron chi connectivity index (χ4n) is 1.55. The van der Waals surface area contributed by atoms with Crippen molar-refractivity contribution in [1.29, 1.82) is 0 Å². The molecule has 1 rings (SSSR count). The van der Waals surface area contributed by atoms with E-state index in [2.05, 4.69) is 26.0 Å². The van der Waals surface area contributed by atoms with Gasteiger partial charge >= 0.3 is 0 Å². The van der Waals surface area contributed by atoms with Gasteiger partial charge in [0.1, 0.15) is 5.75 Å². The van der Waals surface area contributed by atoms with Gasteiger partial charge in [-0.2, -0.15) is 0 Å². The molecule has 0 saturated carbocycles. The summed E-state index contributed by atoms with van der Waals surface area (Å²) >= 11 is 3.28. The van der Waals surface area contributed by atoms with E-state index >= 15 is 0 Å². The van der Waals surface area contributed by atoms with Crippen molar-refractivity contribution >= 4 is 38.4 Å². The van der Waals surface area contributed by atoms with Crippen LogP contribution in [0.15, 0.2) is 27.6 Å². The first-order valence-corrected chi connectivity index (χ1v) is 8.25. The predicted molar refractivity (Wildman–Crippen MR) is 86.3 cm³/mol. The van der Waals surface area contributed by atoms with Gasteiger partial charge < -0.3 is 10.1 Å². The number of nitrogens with one attached hydrogen (secondary N) is 2. The number of hydrogen-bond donors (Lipinski definition) is 2. The van der Waals surface area contributed by atoms with Crippen LogP contribution in [0.1, 0.15) is 13.8 Å². The van der Waals surface area contributed by atoms with Gasteiger partial charge in [0.05, 0.1) is 16.5 Å². The van der Waals surface area contributed by atoms with Crippen molar-refractivity contribution in [1.82, 2.24) is 10.0 Å². The third-order valence-corrected chi connectivity index (χ3v) is 4.61. The highest BCUT2D eigenvalue weighted by molar-refractivity contribution is 9.10. The largest absolute Gasteiger partial charge is 0.496 e. The van der Waals surface area contributed by atoms with Crippen molar-refractivity contribution in [2.45, 2.75) is 24.8 Å². The van der Waals surface area contributed by atoms with Gasteiger partial charge in [0, 0.05) is 12.6 Å². The van der Waals surface area contributed by atoms with Crippen LogP contribution < -0.4 is 14.8 Å². The highest BCUT2D eigenvalue weighted by atomic mass is 79.9. The van der Waals surface area contributed by atoms with Gasteiger partial charge in [-0.3, -0.25) is 0 Å².